The molecule has 7 nitrogen and oxygen atoms in total. The minimum atomic E-state index is -0.503. The Hall–Kier alpha value is -4.13. The molecule has 3 aromatic carbocycles. The number of amides is 1. The number of nitro benzene ring substituents is 1. The summed E-state index contributed by atoms with van der Waals surface area (Å²) in [5.41, 5.74) is 2.66. The topological polar surface area (TPSA) is 81.9 Å². The minimum absolute atomic E-state index is 0.151. The number of benzene rings is 3. The van der Waals surface area contributed by atoms with Crippen molar-refractivity contribution in [1.82, 2.24) is 0 Å². The summed E-state index contributed by atoms with van der Waals surface area (Å²) in [7, 11) is 1.57. The SMILES string of the molecule is CC(=O)N(C)c1cc([N+](=O)[O-])cc2c1C=Cc1cc(OCc3ccccc3)ccc1O2. The van der Waals surface area contributed by atoms with E-state index in [1.165, 1.54) is 24.0 Å². The normalized spacial score (nSPS) is 11.5. The molecule has 31 heavy (non-hydrogen) atoms. The third-order valence-electron chi connectivity index (χ3n) is 5.03. The molecular weight excluding hydrogens is 396 g/mol. The lowest BCUT2D eigenvalue weighted by molar-refractivity contribution is -0.384. The highest BCUT2D eigenvalue weighted by atomic mass is 16.6. The van der Waals surface area contributed by atoms with Crippen LogP contribution in [0.3, 0.4) is 0 Å². The van der Waals surface area contributed by atoms with Crippen molar-refractivity contribution in [1.29, 1.82) is 0 Å². The summed E-state index contributed by atoms with van der Waals surface area (Å²) in [6, 6.07) is 18.0. The van der Waals surface area contributed by atoms with Crippen LogP contribution in [-0.4, -0.2) is 17.9 Å². The predicted octanol–water partition coefficient (Wildman–Crippen LogP) is 5.43. The molecule has 1 aliphatic rings. The number of carbonyl (C=O) groups is 1. The van der Waals surface area contributed by atoms with Crippen LogP contribution in [0.4, 0.5) is 11.4 Å². The highest BCUT2D eigenvalue weighted by molar-refractivity contribution is 5.96. The molecule has 0 N–H and O–H groups in total. The fraction of sp³-hybridized carbons (Fsp3) is 0.125. The standard InChI is InChI=1S/C24H20N2O5/c1-16(27)25(2)22-13-19(26(28)29)14-24-21(22)10-8-18-12-20(9-11-23(18)31-24)30-15-17-6-4-3-5-7-17/h3-14H,15H2,1-2H3. The summed E-state index contributed by atoms with van der Waals surface area (Å²) < 4.78 is 11.9. The number of rotatable bonds is 5. The number of hydrogen-bond donors (Lipinski definition) is 0. The zero-order chi connectivity index (χ0) is 22.0. The summed E-state index contributed by atoms with van der Waals surface area (Å²) in [4.78, 5) is 24.2. The van der Waals surface area contributed by atoms with Gasteiger partial charge < -0.3 is 14.4 Å². The molecule has 7 heteroatoms. The van der Waals surface area contributed by atoms with Crippen LogP contribution in [0.2, 0.25) is 0 Å². The molecular formula is C24H20N2O5. The Balaban J connectivity index is 1.68. The van der Waals surface area contributed by atoms with Crippen molar-refractivity contribution in [3.63, 3.8) is 0 Å². The Bertz CT molecular complexity index is 1190. The van der Waals surface area contributed by atoms with Gasteiger partial charge in [-0.15, -0.1) is 0 Å². The molecule has 1 aliphatic heterocycles. The van der Waals surface area contributed by atoms with Gasteiger partial charge in [0.15, 0.2) is 0 Å². The van der Waals surface area contributed by atoms with Gasteiger partial charge in [-0.1, -0.05) is 36.4 Å². The zero-order valence-electron chi connectivity index (χ0n) is 17.1. The summed E-state index contributed by atoms with van der Waals surface area (Å²) in [6.07, 6.45) is 3.64. The van der Waals surface area contributed by atoms with Crippen molar-refractivity contribution in [2.24, 2.45) is 0 Å². The van der Waals surface area contributed by atoms with Crippen molar-refractivity contribution in [2.45, 2.75) is 13.5 Å². The van der Waals surface area contributed by atoms with Crippen LogP contribution in [0.15, 0.2) is 60.7 Å². The van der Waals surface area contributed by atoms with Crippen molar-refractivity contribution >= 4 is 29.4 Å². The first-order chi connectivity index (χ1) is 14.9. The number of ether oxygens (including phenoxy) is 2. The molecule has 156 valence electrons. The summed E-state index contributed by atoms with van der Waals surface area (Å²) in [6.45, 7) is 1.84. The number of non-ortho nitro benzene ring substituents is 1. The Morgan fingerprint density at radius 1 is 1.06 bits per heavy atom. The smallest absolute Gasteiger partial charge is 0.275 e. The van der Waals surface area contributed by atoms with Gasteiger partial charge in [-0.05, 0) is 29.8 Å². The van der Waals surface area contributed by atoms with Gasteiger partial charge in [-0.2, -0.15) is 0 Å². The van der Waals surface area contributed by atoms with Crippen LogP contribution in [0.25, 0.3) is 12.2 Å². The molecule has 0 atom stereocenters. The van der Waals surface area contributed by atoms with Gasteiger partial charge in [0.25, 0.3) is 5.69 Å². The predicted molar refractivity (Wildman–Crippen MR) is 118 cm³/mol. The van der Waals surface area contributed by atoms with Crippen molar-refractivity contribution in [3.8, 4) is 17.2 Å². The summed E-state index contributed by atoms with van der Waals surface area (Å²) >= 11 is 0. The largest absolute Gasteiger partial charge is 0.489 e. The lowest BCUT2D eigenvalue weighted by Gasteiger charge is -2.19. The Morgan fingerprint density at radius 3 is 2.55 bits per heavy atom. The Labute approximate surface area is 179 Å². The maximum Gasteiger partial charge on any atom is 0.275 e. The zero-order valence-corrected chi connectivity index (χ0v) is 17.1. The monoisotopic (exact) mass is 416 g/mol. The molecule has 0 aromatic heterocycles. The van der Waals surface area contributed by atoms with E-state index in [9.17, 15) is 14.9 Å². The quantitative estimate of drug-likeness (QED) is 0.320. The average molecular weight is 416 g/mol. The fourth-order valence-corrected chi connectivity index (χ4v) is 3.27. The average Bonchev–Trinajstić information content (AvgIpc) is 2.96. The van der Waals surface area contributed by atoms with Gasteiger partial charge in [0.2, 0.25) is 5.91 Å². The van der Waals surface area contributed by atoms with E-state index in [0.29, 0.717) is 35.1 Å². The van der Waals surface area contributed by atoms with Gasteiger partial charge in [0, 0.05) is 31.2 Å². The summed E-state index contributed by atoms with van der Waals surface area (Å²) in [5, 5.41) is 11.4. The molecule has 3 aromatic rings. The Kier molecular flexibility index (Phi) is 5.41. The molecule has 0 fully saturated rings. The third kappa shape index (κ3) is 4.25. The maximum absolute atomic E-state index is 11.9. The van der Waals surface area contributed by atoms with Crippen molar-refractivity contribution < 1.29 is 19.2 Å². The fourth-order valence-electron chi connectivity index (χ4n) is 3.27. The first kappa shape index (κ1) is 20.2. The van der Waals surface area contributed by atoms with Crippen LogP contribution in [0.5, 0.6) is 17.2 Å². The van der Waals surface area contributed by atoms with E-state index in [4.69, 9.17) is 9.47 Å². The number of carbonyl (C=O) groups excluding carboxylic acids is 1. The van der Waals surface area contributed by atoms with E-state index in [1.54, 1.807) is 25.3 Å². The van der Waals surface area contributed by atoms with E-state index < -0.39 is 4.92 Å². The minimum Gasteiger partial charge on any atom is -0.489 e. The number of nitrogens with zero attached hydrogens (tertiary/aromatic N) is 2. The molecule has 0 saturated carbocycles. The molecule has 0 spiro atoms. The third-order valence-corrected chi connectivity index (χ3v) is 5.03. The molecule has 1 amide bonds. The number of hydrogen-bond acceptors (Lipinski definition) is 5. The van der Waals surface area contributed by atoms with E-state index >= 15 is 0 Å². The second-order valence-electron chi connectivity index (χ2n) is 7.12. The molecule has 0 radical (unpaired) electrons. The molecule has 0 unspecified atom stereocenters. The van der Waals surface area contributed by atoms with E-state index in [1.807, 2.05) is 42.5 Å². The van der Waals surface area contributed by atoms with Crippen LogP contribution < -0.4 is 14.4 Å². The van der Waals surface area contributed by atoms with Crippen LogP contribution in [0, 0.1) is 10.1 Å². The lowest BCUT2D eigenvalue weighted by Crippen LogP contribution is -2.23. The van der Waals surface area contributed by atoms with Crippen LogP contribution in [0.1, 0.15) is 23.6 Å². The van der Waals surface area contributed by atoms with Gasteiger partial charge in [0.1, 0.15) is 23.9 Å². The van der Waals surface area contributed by atoms with E-state index in [-0.39, 0.29) is 11.6 Å². The van der Waals surface area contributed by atoms with Gasteiger partial charge in [-0.3, -0.25) is 14.9 Å². The second kappa shape index (κ2) is 8.31. The van der Waals surface area contributed by atoms with E-state index in [0.717, 1.165) is 11.1 Å². The highest BCUT2D eigenvalue weighted by Gasteiger charge is 2.23. The molecule has 4 rings (SSSR count). The molecule has 1 heterocycles. The first-order valence-electron chi connectivity index (χ1n) is 9.66. The Morgan fingerprint density at radius 2 is 1.84 bits per heavy atom. The van der Waals surface area contributed by atoms with E-state index in [2.05, 4.69) is 0 Å². The van der Waals surface area contributed by atoms with Gasteiger partial charge >= 0.3 is 0 Å². The van der Waals surface area contributed by atoms with Gasteiger partial charge in [0.05, 0.1) is 16.7 Å². The van der Waals surface area contributed by atoms with Gasteiger partial charge in [-0.25, -0.2) is 0 Å². The maximum atomic E-state index is 11.9. The highest BCUT2D eigenvalue weighted by Crippen LogP contribution is 2.42. The number of nitro groups is 1. The molecule has 0 saturated heterocycles. The van der Waals surface area contributed by atoms with Crippen LogP contribution in [-0.2, 0) is 11.4 Å². The molecule has 0 aliphatic carbocycles. The van der Waals surface area contributed by atoms with Crippen molar-refractivity contribution in [3.05, 3.63) is 87.5 Å². The lowest BCUT2D eigenvalue weighted by atomic mass is 10.1. The summed E-state index contributed by atoms with van der Waals surface area (Å²) in [5.74, 6) is 1.28. The van der Waals surface area contributed by atoms with Crippen LogP contribution >= 0.6 is 0 Å². The number of anilines is 1. The van der Waals surface area contributed by atoms with Crippen molar-refractivity contribution in [2.75, 3.05) is 11.9 Å². The molecule has 0 bridgehead atoms. The first-order valence-corrected chi connectivity index (χ1v) is 9.66. The second-order valence-corrected chi connectivity index (χ2v) is 7.12. The number of fused-ring (bicyclic) bond motifs is 2.